The van der Waals surface area contributed by atoms with Gasteiger partial charge in [-0.2, -0.15) is 0 Å². The first-order chi connectivity index (χ1) is 9.40. The zero-order valence-electron chi connectivity index (χ0n) is 10.8. The van der Waals surface area contributed by atoms with Crippen molar-refractivity contribution in [3.63, 3.8) is 0 Å². The number of para-hydroxylation sites is 2. The highest BCUT2D eigenvalue weighted by Gasteiger charge is 2.03. The zero-order chi connectivity index (χ0) is 13.3. The van der Waals surface area contributed by atoms with Gasteiger partial charge in [-0.3, -0.25) is 0 Å². The molecule has 0 amide bonds. The molecule has 2 aromatic rings. The Balaban J connectivity index is 1.88. The van der Waals surface area contributed by atoms with E-state index >= 15 is 0 Å². The van der Waals surface area contributed by atoms with Gasteiger partial charge < -0.3 is 14.6 Å². The van der Waals surface area contributed by atoms with Crippen LogP contribution >= 0.6 is 0 Å². The largest absolute Gasteiger partial charge is 0.489 e. The quantitative estimate of drug-likeness (QED) is 0.830. The molecule has 0 aliphatic rings. The number of benzene rings is 2. The van der Waals surface area contributed by atoms with E-state index in [0.717, 1.165) is 6.42 Å². The molecule has 2 aromatic carbocycles. The molecule has 0 unspecified atom stereocenters. The van der Waals surface area contributed by atoms with E-state index in [-0.39, 0.29) is 13.2 Å². The Morgan fingerprint density at radius 2 is 1.32 bits per heavy atom. The van der Waals surface area contributed by atoms with Crippen molar-refractivity contribution >= 4 is 0 Å². The van der Waals surface area contributed by atoms with Crippen molar-refractivity contribution in [3.8, 4) is 11.5 Å². The van der Waals surface area contributed by atoms with Crippen LogP contribution in [0.5, 0.6) is 11.5 Å². The lowest BCUT2D eigenvalue weighted by atomic mass is 10.2. The number of aliphatic hydroxyl groups excluding tert-OH is 1. The van der Waals surface area contributed by atoms with E-state index < -0.39 is 0 Å². The Hall–Kier alpha value is -2.00. The van der Waals surface area contributed by atoms with E-state index in [9.17, 15) is 0 Å². The second-order valence-corrected chi connectivity index (χ2v) is 4.10. The molecule has 0 saturated carbocycles. The van der Waals surface area contributed by atoms with Gasteiger partial charge in [0.15, 0.2) is 11.5 Å². The number of aliphatic hydroxyl groups is 1. The van der Waals surface area contributed by atoms with Crippen LogP contribution < -0.4 is 9.47 Å². The van der Waals surface area contributed by atoms with Gasteiger partial charge in [-0.05, 0) is 17.7 Å². The minimum atomic E-state index is -0.00164. The lowest BCUT2D eigenvalue weighted by Gasteiger charge is -2.11. The van der Waals surface area contributed by atoms with E-state index in [1.807, 2.05) is 42.5 Å². The van der Waals surface area contributed by atoms with E-state index in [2.05, 4.69) is 12.1 Å². The van der Waals surface area contributed by atoms with Gasteiger partial charge in [-0.15, -0.1) is 0 Å². The van der Waals surface area contributed by atoms with Gasteiger partial charge in [0.05, 0.1) is 13.2 Å². The second-order valence-electron chi connectivity index (χ2n) is 4.10. The number of ether oxygens (including phenoxy) is 2. The van der Waals surface area contributed by atoms with Crippen molar-refractivity contribution in [2.45, 2.75) is 6.42 Å². The first kappa shape index (κ1) is 13.4. The molecule has 0 bridgehead atoms. The smallest absolute Gasteiger partial charge is 0.161 e. The molecular weight excluding hydrogens is 240 g/mol. The fraction of sp³-hybridized carbons (Fsp3) is 0.250. The number of hydrogen-bond acceptors (Lipinski definition) is 3. The van der Waals surface area contributed by atoms with Crippen molar-refractivity contribution in [1.82, 2.24) is 0 Å². The SMILES string of the molecule is OCCOc1ccccc1OCCc1ccccc1. The molecule has 0 fully saturated rings. The Kier molecular flexibility index (Phi) is 5.26. The maximum absolute atomic E-state index is 8.78. The summed E-state index contributed by atoms with van der Waals surface area (Å²) in [7, 11) is 0. The Morgan fingerprint density at radius 3 is 1.95 bits per heavy atom. The molecule has 0 radical (unpaired) electrons. The van der Waals surface area contributed by atoms with Crippen molar-refractivity contribution in [1.29, 1.82) is 0 Å². The maximum atomic E-state index is 8.78. The lowest BCUT2D eigenvalue weighted by Crippen LogP contribution is -2.06. The van der Waals surface area contributed by atoms with Crippen LogP contribution in [0.1, 0.15) is 5.56 Å². The number of hydrogen-bond donors (Lipinski definition) is 1. The molecular formula is C16H18O3. The number of rotatable bonds is 7. The van der Waals surface area contributed by atoms with E-state index in [1.165, 1.54) is 5.56 Å². The molecule has 100 valence electrons. The van der Waals surface area contributed by atoms with Crippen LogP contribution in [0.25, 0.3) is 0 Å². The van der Waals surface area contributed by atoms with Gasteiger partial charge in [0.1, 0.15) is 6.61 Å². The zero-order valence-corrected chi connectivity index (χ0v) is 10.8. The van der Waals surface area contributed by atoms with Crippen LogP contribution in [0.15, 0.2) is 54.6 Å². The molecule has 0 spiro atoms. The minimum absolute atomic E-state index is 0.00164. The first-order valence-corrected chi connectivity index (χ1v) is 6.39. The average Bonchev–Trinajstić information content (AvgIpc) is 2.47. The van der Waals surface area contributed by atoms with Gasteiger partial charge in [0.25, 0.3) is 0 Å². The molecule has 2 rings (SSSR count). The van der Waals surface area contributed by atoms with Crippen LogP contribution in [-0.2, 0) is 6.42 Å². The van der Waals surface area contributed by atoms with Crippen LogP contribution in [0.3, 0.4) is 0 Å². The average molecular weight is 258 g/mol. The molecule has 0 heterocycles. The first-order valence-electron chi connectivity index (χ1n) is 6.39. The maximum Gasteiger partial charge on any atom is 0.161 e. The van der Waals surface area contributed by atoms with Crippen LogP contribution in [0, 0.1) is 0 Å². The summed E-state index contributed by atoms with van der Waals surface area (Å²) in [4.78, 5) is 0. The highest BCUT2D eigenvalue weighted by molar-refractivity contribution is 5.39. The summed E-state index contributed by atoms with van der Waals surface area (Å²) in [6, 6.07) is 17.7. The molecule has 0 saturated heterocycles. The minimum Gasteiger partial charge on any atom is -0.489 e. The van der Waals surface area contributed by atoms with Gasteiger partial charge in [0, 0.05) is 6.42 Å². The summed E-state index contributed by atoms with van der Waals surface area (Å²) in [5, 5.41) is 8.78. The summed E-state index contributed by atoms with van der Waals surface area (Å²) in [6.07, 6.45) is 0.856. The third-order valence-corrected chi connectivity index (χ3v) is 2.69. The predicted molar refractivity (Wildman–Crippen MR) is 74.7 cm³/mol. The van der Waals surface area contributed by atoms with Gasteiger partial charge in [-0.25, -0.2) is 0 Å². The Bertz CT molecular complexity index is 482. The van der Waals surface area contributed by atoms with Gasteiger partial charge in [0.2, 0.25) is 0 Å². The fourth-order valence-corrected chi connectivity index (χ4v) is 1.77. The fourth-order valence-electron chi connectivity index (χ4n) is 1.77. The molecule has 19 heavy (non-hydrogen) atoms. The van der Waals surface area contributed by atoms with E-state index in [4.69, 9.17) is 14.6 Å². The molecule has 3 heteroatoms. The van der Waals surface area contributed by atoms with Crippen LogP contribution in [0.2, 0.25) is 0 Å². The summed E-state index contributed by atoms with van der Waals surface area (Å²) in [5.74, 6) is 1.39. The Labute approximate surface area is 113 Å². The third kappa shape index (κ3) is 4.30. The summed E-state index contributed by atoms with van der Waals surface area (Å²) in [5.41, 5.74) is 1.25. The van der Waals surface area contributed by atoms with E-state index in [1.54, 1.807) is 0 Å². The van der Waals surface area contributed by atoms with E-state index in [0.29, 0.717) is 18.1 Å². The molecule has 0 atom stereocenters. The molecule has 0 aromatic heterocycles. The Morgan fingerprint density at radius 1 is 0.737 bits per heavy atom. The molecule has 3 nitrogen and oxygen atoms in total. The summed E-state index contributed by atoms with van der Waals surface area (Å²) < 4.78 is 11.1. The monoisotopic (exact) mass is 258 g/mol. The topological polar surface area (TPSA) is 38.7 Å². The summed E-state index contributed by atoms with van der Waals surface area (Å²) >= 11 is 0. The van der Waals surface area contributed by atoms with Crippen molar-refractivity contribution in [2.24, 2.45) is 0 Å². The summed E-state index contributed by atoms with van der Waals surface area (Å²) in [6.45, 7) is 0.876. The molecule has 0 aliphatic heterocycles. The second kappa shape index (κ2) is 7.44. The van der Waals surface area contributed by atoms with Crippen molar-refractivity contribution in [3.05, 3.63) is 60.2 Å². The van der Waals surface area contributed by atoms with Crippen molar-refractivity contribution in [2.75, 3.05) is 19.8 Å². The van der Waals surface area contributed by atoms with Gasteiger partial charge in [-0.1, -0.05) is 42.5 Å². The lowest BCUT2D eigenvalue weighted by molar-refractivity contribution is 0.193. The molecule has 1 N–H and O–H groups in total. The normalized spacial score (nSPS) is 10.2. The third-order valence-electron chi connectivity index (χ3n) is 2.69. The predicted octanol–water partition coefficient (Wildman–Crippen LogP) is 2.68. The highest BCUT2D eigenvalue weighted by Crippen LogP contribution is 2.26. The van der Waals surface area contributed by atoms with Crippen LogP contribution in [-0.4, -0.2) is 24.9 Å². The van der Waals surface area contributed by atoms with Gasteiger partial charge >= 0.3 is 0 Å². The van der Waals surface area contributed by atoms with Crippen LogP contribution in [0.4, 0.5) is 0 Å². The molecule has 0 aliphatic carbocycles. The highest BCUT2D eigenvalue weighted by atomic mass is 16.5. The van der Waals surface area contributed by atoms with Crippen molar-refractivity contribution < 1.29 is 14.6 Å². The standard InChI is InChI=1S/C16H18O3/c17-11-13-19-16-9-5-4-8-15(16)18-12-10-14-6-2-1-3-7-14/h1-9,17H,10-13H2.